The molecule has 31 heavy (non-hydrogen) atoms. The zero-order chi connectivity index (χ0) is 23.0. The molecule has 6 nitrogen and oxygen atoms in total. The van der Waals surface area contributed by atoms with E-state index in [1.54, 1.807) is 18.3 Å². The minimum atomic E-state index is -4.36. The van der Waals surface area contributed by atoms with Crippen molar-refractivity contribution in [1.29, 1.82) is 0 Å². The Morgan fingerprint density at radius 2 is 2.10 bits per heavy atom. The number of aromatic nitrogens is 1. The van der Waals surface area contributed by atoms with E-state index in [4.69, 9.17) is 14.6 Å². The standard InChI is InChI=1S/C13H14F4O2.C8H10N2O2/c1-7-10(14)4-3-9(12(7)18-2)8-5-11(19-6-8)13(15,16)17;11-4-2-8-5-7(10-6-12)1-3-9-8/h3-4,8,11H,5-6H2,1-2H3;1,3,5-6,11H,2,4H2,(H,9,10,12). The van der Waals surface area contributed by atoms with Crippen LogP contribution >= 0.6 is 0 Å². The quantitative estimate of drug-likeness (QED) is 0.524. The number of nitrogens with one attached hydrogen (secondary N) is 1. The average Bonchev–Trinajstić information content (AvgIpc) is 3.22. The molecule has 2 aromatic rings. The predicted octanol–water partition coefficient (Wildman–Crippen LogP) is 3.76. The Bertz CT molecular complexity index is 877. The number of benzene rings is 1. The van der Waals surface area contributed by atoms with Gasteiger partial charge in [0.2, 0.25) is 6.41 Å². The molecule has 1 aromatic carbocycles. The maximum absolute atomic E-state index is 13.4. The highest BCUT2D eigenvalue weighted by Crippen LogP contribution is 2.41. The van der Waals surface area contributed by atoms with E-state index in [2.05, 4.69) is 10.3 Å². The van der Waals surface area contributed by atoms with Gasteiger partial charge in [-0.1, -0.05) is 6.07 Å². The summed E-state index contributed by atoms with van der Waals surface area (Å²) in [5.41, 5.74) is 2.33. The fourth-order valence-electron chi connectivity index (χ4n) is 3.24. The van der Waals surface area contributed by atoms with Crippen LogP contribution in [0.2, 0.25) is 0 Å². The summed E-state index contributed by atoms with van der Waals surface area (Å²) >= 11 is 0. The van der Waals surface area contributed by atoms with Crippen molar-refractivity contribution in [3.63, 3.8) is 0 Å². The molecule has 10 heteroatoms. The number of rotatable bonds is 6. The molecule has 1 fully saturated rings. The van der Waals surface area contributed by atoms with Crippen molar-refractivity contribution in [3.8, 4) is 5.75 Å². The van der Waals surface area contributed by atoms with Crippen LogP contribution in [0.5, 0.6) is 5.75 Å². The summed E-state index contributed by atoms with van der Waals surface area (Å²) < 4.78 is 61.0. The summed E-state index contributed by atoms with van der Waals surface area (Å²) in [7, 11) is 1.38. The van der Waals surface area contributed by atoms with Crippen molar-refractivity contribution in [2.24, 2.45) is 0 Å². The van der Waals surface area contributed by atoms with Crippen LogP contribution in [0.25, 0.3) is 0 Å². The second-order valence-electron chi connectivity index (χ2n) is 6.86. The summed E-state index contributed by atoms with van der Waals surface area (Å²) in [6.07, 6.45) is -3.57. The predicted molar refractivity (Wildman–Crippen MR) is 106 cm³/mol. The van der Waals surface area contributed by atoms with Crippen LogP contribution in [0.3, 0.4) is 0 Å². The van der Waals surface area contributed by atoms with Gasteiger partial charge in [-0.3, -0.25) is 9.78 Å². The molecular formula is C21H24F4N2O4. The smallest absolute Gasteiger partial charge is 0.414 e. The van der Waals surface area contributed by atoms with Gasteiger partial charge < -0.3 is 19.9 Å². The van der Waals surface area contributed by atoms with Crippen LogP contribution < -0.4 is 10.1 Å². The fraction of sp³-hybridized carbons (Fsp3) is 0.429. The molecule has 0 saturated carbocycles. The number of aliphatic hydroxyl groups is 1. The Kier molecular flexibility index (Phi) is 8.76. The summed E-state index contributed by atoms with van der Waals surface area (Å²) in [4.78, 5) is 14.1. The number of hydrogen-bond donors (Lipinski definition) is 2. The molecule has 0 radical (unpaired) electrons. The van der Waals surface area contributed by atoms with Gasteiger partial charge >= 0.3 is 6.18 Å². The number of ether oxygens (including phenoxy) is 2. The maximum Gasteiger partial charge on any atom is 0.414 e. The van der Waals surface area contributed by atoms with E-state index < -0.39 is 24.0 Å². The lowest BCUT2D eigenvalue weighted by atomic mass is 9.93. The normalized spacial score (nSPS) is 18.2. The summed E-state index contributed by atoms with van der Waals surface area (Å²) in [6, 6.07) is 6.13. The van der Waals surface area contributed by atoms with Crippen molar-refractivity contribution >= 4 is 12.1 Å². The molecule has 1 aliphatic rings. The van der Waals surface area contributed by atoms with E-state index in [-0.39, 0.29) is 19.6 Å². The number of hydrogen-bond acceptors (Lipinski definition) is 5. The zero-order valence-electron chi connectivity index (χ0n) is 17.1. The molecule has 2 N–H and O–H groups in total. The van der Waals surface area contributed by atoms with Crippen molar-refractivity contribution in [2.45, 2.75) is 38.0 Å². The molecular weight excluding hydrogens is 420 g/mol. The summed E-state index contributed by atoms with van der Waals surface area (Å²) in [5.74, 6) is -0.566. The molecule has 2 heterocycles. The summed E-state index contributed by atoms with van der Waals surface area (Å²) in [6.45, 7) is 1.57. The molecule has 2 atom stereocenters. The molecule has 0 bridgehead atoms. The molecule has 1 aliphatic heterocycles. The fourth-order valence-corrected chi connectivity index (χ4v) is 3.24. The van der Waals surface area contributed by atoms with Crippen LogP contribution in [0, 0.1) is 12.7 Å². The number of halogens is 4. The lowest BCUT2D eigenvalue weighted by molar-refractivity contribution is -0.206. The van der Waals surface area contributed by atoms with Crippen molar-refractivity contribution < 1.29 is 36.9 Å². The number of nitrogens with zero attached hydrogens (tertiary/aromatic N) is 1. The highest BCUT2D eigenvalue weighted by Gasteiger charge is 2.46. The Morgan fingerprint density at radius 1 is 1.35 bits per heavy atom. The van der Waals surface area contributed by atoms with E-state index in [1.807, 2.05) is 0 Å². The van der Waals surface area contributed by atoms with Crippen LogP contribution in [-0.4, -0.2) is 49.1 Å². The topological polar surface area (TPSA) is 80.7 Å². The Balaban J connectivity index is 0.000000245. The van der Waals surface area contributed by atoms with Crippen molar-refractivity contribution in [1.82, 2.24) is 4.98 Å². The van der Waals surface area contributed by atoms with Gasteiger partial charge in [0.1, 0.15) is 11.6 Å². The van der Waals surface area contributed by atoms with Gasteiger partial charge in [-0.15, -0.1) is 0 Å². The first-order valence-corrected chi connectivity index (χ1v) is 9.48. The number of carbonyl (C=O) groups is 1. The minimum Gasteiger partial charge on any atom is -0.496 e. The van der Waals surface area contributed by atoms with Crippen LogP contribution in [-0.2, 0) is 16.0 Å². The Hall–Kier alpha value is -2.72. The molecule has 1 aromatic heterocycles. The number of pyridine rings is 1. The van der Waals surface area contributed by atoms with E-state index in [0.29, 0.717) is 35.4 Å². The molecule has 1 saturated heterocycles. The Morgan fingerprint density at radius 3 is 2.68 bits per heavy atom. The molecule has 0 aliphatic carbocycles. The van der Waals surface area contributed by atoms with E-state index in [1.165, 1.54) is 26.2 Å². The second-order valence-corrected chi connectivity index (χ2v) is 6.86. The first kappa shape index (κ1) is 24.5. The monoisotopic (exact) mass is 444 g/mol. The molecule has 170 valence electrons. The van der Waals surface area contributed by atoms with Gasteiger partial charge in [-0.2, -0.15) is 13.2 Å². The SMILES string of the molecule is COc1c(C2COC(C(F)(F)F)C2)ccc(F)c1C.O=CNc1ccnc(CCO)c1. The van der Waals surface area contributed by atoms with Crippen LogP contribution in [0.4, 0.5) is 23.2 Å². The number of amides is 1. The van der Waals surface area contributed by atoms with E-state index in [9.17, 15) is 22.4 Å². The minimum absolute atomic E-state index is 0.0361. The number of aliphatic hydroxyl groups excluding tert-OH is 1. The third-order valence-electron chi connectivity index (χ3n) is 4.79. The largest absolute Gasteiger partial charge is 0.496 e. The Labute approximate surface area is 177 Å². The molecule has 1 amide bonds. The van der Waals surface area contributed by atoms with Gasteiger partial charge in [0.15, 0.2) is 6.10 Å². The highest BCUT2D eigenvalue weighted by molar-refractivity contribution is 5.70. The number of carbonyl (C=O) groups excluding carboxylic acids is 1. The average molecular weight is 444 g/mol. The zero-order valence-corrected chi connectivity index (χ0v) is 17.1. The second kappa shape index (κ2) is 11.1. The summed E-state index contributed by atoms with van der Waals surface area (Å²) in [5, 5.41) is 11.1. The number of anilines is 1. The van der Waals surface area contributed by atoms with E-state index in [0.717, 1.165) is 5.69 Å². The molecule has 2 unspecified atom stereocenters. The maximum atomic E-state index is 13.4. The number of alkyl halides is 3. The van der Waals surface area contributed by atoms with Gasteiger partial charge in [-0.25, -0.2) is 4.39 Å². The van der Waals surface area contributed by atoms with Gasteiger partial charge in [0.05, 0.1) is 13.7 Å². The third-order valence-corrected chi connectivity index (χ3v) is 4.79. The first-order chi connectivity index (χ1) is 14.7. The highest BCUT2D eigenvalue weighted by atomic mass is 19.4. The van der Waals surface area contributed by atoms with Gasteiger partial charge in [0.25, 0.3) is 0 Å². The lowest BCUT2D eigenvalue weighted by Gasteiger charge is -2.16. The van der Waals surface area contributed by atoms with Crippen LogP contribution in [0.15, 0.2) is 30.5 Å². The lowest BCUT2D eigenvalue weighted by Crippen LogP contribution is -2.27. The van der Waals surface area contributed by atoms with Gasteiger partial charge in [0, 0.05) is 47.7 Å². The first-order valence-electron chi connectivity index (χ1n) is 9.48. The number of methoxy groups -OCH3 is 1. The third kappa shape index (κ3) is 6.63. The van der Waals surface area contributed by atoms with E-state index >= 15 is 0 Å². The molecule has 0 spiro atoms. The van der Waals surface area contributed by atoms with Gasteiger partial charge in [-0.05, 0) is 31.5 Å². The van der Waals surface area contributed by atoms with Crippen molar-refractivity contribution in [3.05, 3.63) is 53.1 Å². The van der Waals surface area contributed by atoms with Crippen LogP contribution in [0.1, 0.15) is 29.2 Å². The van der Waals surface area contributed by atoms with Crippen molar-refractivity contribution in [2.75, 3.05) is 25.6 Å². The molecule has 3 rings (SSSR count).